The van der Waals surface area contributed by atoms with E-state index in [1.165, 1.54) is 0 Å². The molecule has 14 heavy (non-hydrogen) atoms. The minimum absolute atomic E-state index is 0.0246. The van der Waals surface area contributed by atoms with Crippen molar-refractivity contribution < 1.29 is 21.0 Å². The molecule has 1 rings (SSSR count). The number of sulfone groups is 1. The van der Waals surface area contributed by atoms with Gasteiger partial charge in [0.2, 0.25) is 0 Å². The molecule has 0 radical (unpaired) electrons. The van der Waals surface area contributed by atoms with E-state index >= 15 is 0 Å². The van der Waals surface area contributed by atoms with Gasteiger partial charge in [0.25, 0.3) is 10.1 Å². The zero-order valence-electron chi connectivity index (χ0n) is 7.34. The molecule has 0 aromatic carbocycles. The van der Waals surface area contributed by atoms with E-state index in [0.29, 0.717) is 0 Å². The average Bonchev–Trinajstić information content (AvgIpc) is 2.28. The third-order valence-corrected chi connectivity index (χ3v) is 4.56. The van der Waals surface area contributed by atoms with Crippen LogP contribution in [-0.2, 0) is 24.1 Å². The van der Waals surface area contributed by atoms with Crippen LogP contribution in [0.3, 0.4) is 0 Å². The maximum atomic E-state index is 11.0. The zero-order valence-corrected chi connectivity index (χ0v) is 8.97. The predicted octanol–water partition coefficient (Wildman–Crippen LogP) is -0.847. The second-order valence-corrected chi connectivity index (χ2v) is 6.85. The van der Waals surface area contributed by atoms with Gasteiger partial charge in [0.1, 0.15) is 5.75 Å². The molecule has 0 amide bonds. The maximum absolute atomic E-state index is 11.0. The molecule has 0 bridgehead atoms. The molecule has 7 heteroatoms. The Balaban J connectivity index is 2.61. The molecule has 1 aliphatic rings. The average molecular weight is 238 g/mol. The summed E-state index contributed by atoms with van der Waals surface area (Å²) in [5.74, 6) is 1.15. The van der Waals surface area contributed by atoms with Crippen LogP contribution in [-0.4, -0.2) is 40.2 Å². The van der Waals surface area contributed by atoms with Gasteiger partial charge >= 0.3 is 0 Å². The summed E-state index contributed by atoms with van der Waals surface area (Å²) < 4.78 is 48.6. The molecular formula is C7H10O5S2. The predicted molar refractivity (Wildman–Crippen MR) is 50.8 cm³/mol. The fourth-order valence-electron chi connectivity index (χ4n) is 1.18. The van der Waals surface area contributed by atoms with Crippen LogP contribution in [0.5, 0.6) is 0 Å². The van der Waals surface area contributed by atoms with Gasteiger partial charge in [0, 0.05) is 0 Å². The van der Waals surface area contributed by atoms with Crippen molar-refractivity contribution in [2.75, 3.05) is 17.3 Å². The SMILES string of the molecule is C#CCS(=O)(=O)OC1CCS(=O)(=O)C1. The first kappa shape index (κ1) is 11.5. The van der Waals surface area contributed by atoms with Crippen molar-refractivity contribution in [3.8, 4) is 12.3 Å². The lowest BCUT2D eigenvalue weighted by molar-refractivity contribution is 0.237. The van der Waals surface area contributed by atoms with Crippen molar-refractivity contribution in [3.63, 3.8) is 0 Å². The highest BCUT2D eigenvalue weighted by atomic mass is 32.2. The molecule has 80 valence electrons. The van der Waals surface area contributed by atoms with Gasteiger partial charge in [-0.05, 0) is 6.42 Å². The maximum Gasteiger partial charge on any atom is 0.279 e. The van der Waals surface area contributed by atoms with Gasteiger partial charge in [-0.2, -0.15) is 8.42 Å². The normalized spacial score (nSPS) is 25.8. The van der Waals surface area contributed by atoms with Crippen molar-refractivity contribution >= 4 is 20.0 Å². The Morgan fingerprint density at radius 2 is 2.14 bits per heavy atom. The van der Waals surface area contributed by atoms with Gasteiger partial charge in [0.15, 0.2) is 9.84 Å². The van der Waals surface area contributed by atoms with Crippen molar-refractivity contribution in [2.24, 2.45) is 0 Å². The summed E-state index contributed by atoms with van der Waals surface area (Å²) in [4.78, 5) is 0. The molecule has 1 fully saturated rings. The minimum Gasteiger partial charge on any atom is -0.265 e. The molecule has 0 aromatic heterocycles. The third-order valence-electron chi connectivity index (χ3n) is 1.73. The molecule has 1 heterocycles. The van der Waals surface area contributed by atoms with Gasteiger partial charge in [-0.25, -0.2) is 8.42 Å². The van der Waals surface area contributed by atoms with Crippen LogP contribution < -0.4 is 0 Å². The van der Waals surface area contributed by atoms with E-state index in [1.807, 2.05) is 5.92 Å². The largest absolute Gasteiger partial charge is 0.279 e. The minimum atomic E-state index is -3.77. The molecular weight excluding hydrogens is 228 g/mol. The lowest BCUT2D eigenvalue weighted by Crippen LogP contribution is -2.21. The second-order valence-electron chi connectivity index (χ2n) is 3.03. The van der Waals surface area contributed by atoms with Gasteiger partial charge in [-0.1, -0.05) is 5.92 Å². The molecule has 1 aliphatic heterocycles. The van der Waals surface area contributed by atoms with Crippen LogP contribution in [0.15, 0.2) is 0 Å². The van der Waals surface area contributed by atoms with E-state index in [2.05, 4.69) is 4.18 Å². The highest BCUT2D eigenvalue weighted by Crippen LogP contribution is 2.16. The first-order valence-electron chi connectivity index (χ1n) is 3.89. The Hall–Kier alpha value is -0.580. The van der Waals surface area contributed by atoms with Crippen LogP contribution in [0.4, 0.5) is 0 Å². The third kappa shape index (κ3) is 3.29. The molecule has 5 nitrogen and oxygen atoms in total. The molecule has 0 saturated carbocycles. The molecule has 1 unspecified atom stereocenters. The van der Waals surface area contributed by atoms with Crippen LogP contribution in [0.2, 0.25) is 0 Å². The Morgan fingerprint density at radius 1 is 1.50 bits per heavy atom. The Labute approximate surface area is 83.5 Å². The molecule has 0 spiro atoms. The van der Waals surface area contributed by atoms with E-state index in [4.69, 9.17) is 6.42 Å². The molecule has 0 aromatic rings. The highest BCUT2D eigenvalue weighted by molar-refractivity contribution is 7.91. The number of hydrogen-bond acceptors (Lipinski definition) is 5. The van der Waals surface area contributed by atoms with E-state index in [1.54, 1.807) is 0 Å². The first-order chi connectivity index (χ1) is 6.35. The molecule has 1 atom stereocenters. The van der Waals surface area contributed by atoms with Crippen molar-refractivity contribution in [2.45, 2.75) is 12.5 Å². The van der Waals surface area contributed by atoms with Gasteiger partial charge in [-0.15, -0.1) is 6.42 Å². The Kier molecular flexibility index (Phi) is 3.19. The molecule has 0 aliphatic carbocycles. The van der Waals surface area contributed by atoms with Crippen LogP contribution in [0.25, 0.3) is 0 Å². The van der Waals surface area contributed by atoms with E-state index < -0.39 is 31.8 Å². The van der Waals surface area contributed by atoms with Crippen LogP contribution in [0.1, 0.15) is 6.42 Å². The monoisotopic (exact) mass is 238 g/mol. The van der Waals surface area contributed by atoms with E-state index in [-0.39, 0.29) is 17.9 Å². The van der Waals surface area contributed by atoms with E-state index in [9.17, 15) is 16.8 Å². The standard InChI is InChI=1S/C7H10O5S2/c1-2-4-14(10,11)12-7-3-5-13(8,9)6-7/h1,7H,3-6H2. The lowest BCUT2D eigenvalue weighted by atomic mass is 10.3. The number of rotatable bonds is 3. The summed E-state index contributed by atoms with van der Waals surface area (Å²) in [5.41, 5.74) is 0. The smallest absolute Gasteiger partial charge is 0.265 e. The summed E-state index contributed by atoms with van der Waals surface area (Å²) in [6.45, 7) is 0. The number of hydrogen-bond donors (Lipinski definition) is 0. The summed E-state index contributed by atoms with van der Waals surface area (Å²) in [6, 6.07) is 0. The van der Waals surface area contributed by atoms with Gasteiger partial charge in [0.05, 0.1) is 17.6 Å². The number of terminal acetylenes is 1. The van der Waals surface area contributed by atoms with Crippen molar-refractivity contribution in [1.82, 2.24) is 0 Å². The zero-order chi connectivity index (χ0) is 10.8. The molecule has 0 N–H and O–H groups in total. The fourth-order valence-corrected chi connectivity index (χ4v) is 3.71. The Bertz CT molecular complexity index is 439. The van der Waals surface area contributed by atoms with Crippen molar-refractivity contribution in [3.05, 3.63) is 0 Å². The lowest BCUT2D eigenvalue weighted by Gasteiger charge is -2.07. The summed E-state index contributed by atoms with van der Waals surface area (Å²) in [7, 11) is -6.89. The van der Waals surface area contributed by atoms with E-state index in [0.717, 1.165) is 0 Å². The summed E-state index contributed by atoms with van der Waals surface area (Å²) >= 11 is 0. The molecule has 1 saturated heterocycles. The quantitative estimate of drug-likeness (QED) is 0.473. The van der Waals surface area contributed by atoms with Crippen LogP contribution >= 0.6 is 0 Å². The summed E-state index contributed by atoms with van der Waals surface area (Å²) in [6.07, 6.45) is 4.26. The van der Waals surface area contributed by atoms with Gasteiger partial charge in [-0.3, -0.25) is 4.18 Å². The Morgan fingerprint density at radius 3 is 2.57 bits per heavy atom. The first-order valence-corrected chi connectivity index (χ1v) is 7.29. The van der Waals surface area contributed by atoms with Gasteiger partial charge < -0.3 is 0 Å². The topological polar surface area (TPSA) is 77.5 Å². The highest BCUT2D eigenvalue weighted by Gasteiger charge is 2.31. The van der Waals surface area contributed by atoms with Crippen molar-refractivity contribution in [1.29, 1.82) is 0 Å². The summed E-state index contributed by atoms with van der Waals surface area (Å²) in [5, 5.41) is 0. The van der Waals surface area contributed by atoms with Crippen LogP contribution in [0, 0.1) is 12.3 Å². The fraction of sp³-hybridized carbons (Fsp3) is 0.714. The second kappa shape index (κ2) is 3.88.